The van der Waals surface area contributed by atoms with Crippen LogP contribution >= 0.6 is 12.2 Å². The van der Waals surface area contributed by atoms with Gasteiger partial charge in [-0.05, 0) is 48.5 Å². The summed E-state index contributed by atoms with van der Waals surface area (Å²) in [6, 6.07) is 8.61. The molecular weight excluding hydrogens is 273 g/mol. The summed E-state index contributed by atoms with van der Waals surface area (Å²) in [4.78, 5) is 6.28. The van der Waals surface area contributed by atoms with Crippen LogP contribution in [0.1, 0.15) is 16.7 Å². The minimum atomic E-state index is -0.317. The molecule has 20 heavy (non-hydrogen) atoms. The maximum Gasteiger partial charge on any atom is 0.124 e. The van der Waals surface area contributed by atoms with Crippen LogP contribution in [0.4, 0.5) is 4.39 Å². The normalized spacial score (nSPS) is 10.8. The highest BCUT2D eigenvalue weighted by molar-refractivity contribution is 7.80. The van der Waals surface area contributed by atoms with Gasteiger partial charge in [0.1, 0.15) is 10.8 Å². The molecule has 0 unspecified atom stereocenters. The van der Waals surface area contributed by atoms with Crippen LogP contribution in [-0.2, 0) is 13.1 Å². The van der Waals surface area contributed by atoms with Crippen molar-refractivity contribution in [3.8, 4) is 0 Å². The quantitative estimate of drug-likeness (QED) is 0.859. The summed E-state index contributed by atoms with van der Waals surface area (Å²) in [6.07, 6.45) is 3.52. The molecule has 0 saturated heterocycles. The van der Waals surface area contributed by atoms with Gasteiger partial charge in [0.25, 0.3) is 0 Å². The molecule has 0 aliphatic carbocycles. The number of pyridine rings is 1. The minimum absolute atomic E-state index is 0.211. The first-order valence-electron chi connectivity index (χ1n) is 6.21. The van der Waals surface area contributed by atoms with Gasteiger partial charge in [-0.2, -0.15) is 0 Å². The zero-order valence-corrected chi connectivity index (χ0v) is 12.0. The molecule has 1 aromatic carbocycles. The molecule has 0 fully saturated rings. The number of aromatic nitrogens is 1. The molecule has 0 amide bonds. The third-order valence-electron chi connectivity index (χ3n) is 2.90. The maximum absolute atomic E-state index is 13.5. The smallest absolute Gasteiger partial charge is 0.124 e. The molecule has 0 atom stereocenters. The minimum Gasteiger partial charge on any atom is -0.389 e. The standard InChI is InChI=1S/C15H16FN3S/c1-19(9-11-2-4-18-5-3-11)10-12-6-13(15(17)20)8-14(16)7-12/h2-8H,9-10H2,1H3,(H2,17,20). The van der Waals surface area contributed by atoms with Crippen molar-refractivity contribution >= 4 is 17.2 Å². The second-order valence-electron chi connectivity index (χ2n) is 4.74. The number of rotatable bonds is 5. The molecule has 0 saturated carbocycles. The van der Waals surface area contributed by atoms with E-state index in [9.17, 15) is 4.39 Å². The van der Waals surface area contributed by atoms with Crippen LogP contribution in [0.25, 0.3) is 0 Å². The molecule has 1 heterocycles. The van der Waals surface area contributed by atoms with Crippen LogP contribution in [0.5, 0.6) is 0 Å². The first kappa shape index (κ1) is 14.6. The lowest BCUT2D eigenvalue weighted by Gasteiger charge is -2.17. The van der Waals surface area contributed by atoms with Gasteiger partial charge in [0, 0.05) is 31.0 Å². The lowest BCUT2D eigenvalue weighted by Crippen LogP contribution is -2.18. The summed E-state index contributed by atoms with van der Waals surface area (Å²) in [5, 5.41) is 0. The number of benzene rings is 1. The zero-order valence-electron chi connectivity index (χ0n) is 11.2. The molecule has 0 bridgehead atoms. The van der Waals surface area contributed by atoms with Gasteiger partial charge >= 0.3 is 0 Å². The van der Waals surface area contributed by atoms with Gasteiger partial charge in [-0.25, -0.2) is 4.39 Å². The van der Waals surface area contributed by atoms with Gasteiger partial charge in [0.05, 0.1) is 0 Å². The average Bonchev–Trinajstić information content (AvgIpc) is 2.38. The molecule has 5 heteroatoms. The van der Waals surface area contributed by atoms with Gasteiger partial charge in [-0.1, -0.05) is 12.2 Å². The zero-order chi connectivity index (χ0) is 14.5. The van der Waals surface area contributed by atoms with Crippen molar-refractivity contribution < 1.29 is 4.39 Å². The van der Waals surface area contributed by atoms with Gasteiger partial charge in [0.2, 0.25) is 0 Å². The molecule has 0 spiro atoms. The summed E-state index contributed by atoms with van der Waals surface area (Å²) in [7, 11) is 1.98. The molecule has 1 aromatic heterocycles. The van der Waals surface area contributed by atoms with E-state index in [1.807, 2.05) is 25.2 Å². The Morgan fingerprint density at radius 3 is 2.50 bits per heavy atom. The second-order valence-corrected chi connectivity index (χ2v) is 5.18. The van der Waals surface area contributed by atoms with Crippen molar-refractivity contribution in [1.29, 1.82) is 0 Å². The molecule has 2 N–H and O–H groups in total. The van der Waals surface area contributed by atoms with Crippen LogP contribution < -0.4 is 5.73 Å². The summed E-state index contributed by atoms with van der Waals surface area (Å²) < 4.78 is 13.5. The van der Waals surface area contributed by atoms with Crippen molar-refractivity contribution in [2.24, 2.45) is 5.73 Å². The Kier molecular flexibility index (Phi) is 4.76. The van der Waals surface area contributed by atoms with Gasteiger partial charge in [-0.15, -0.1) is 0 Å². The van der Waals surface area contributed by atoms with Crippen LogP contribution in [0, 0.1) is 5.82 Å². The highest BCUT2D eigenvalue weighted by atomic mass is 32.1. The van der Waals surface area contributed by atoms with Crippen molar-refractivity contribution in [3.63, 3.8) is 0 Å². The van der Waals surface area contributed by atoms with E-state index in [-0.39, 0.29) is 10.8 Å². The Morgan fingerprint density at radius 1 is 1.20 bits per heavy atom. The van der Waals surface area contributed by atoms with E-state index < -0.39 is 0 Å². The van der Waals surface area contributed by atoms with Gasteiger partial charge in [0.15, 0.2) is 0 Å². The third-order valence-corrected chi connectivity index (χ3v) is 3.13. The molecule has 3 nitrogen and oxygen atoms in total. The predicted molar refractivity (Wildman–Crippen MR) is 81.7 cm³/mol. The largest absolute Gasteiger partial charge is 0.389 e. The first-order chi connectivity index (χ1) is 9.54. The molecule has 0 aliphatic heterocycles. The Labute approximate surface area is 123 Å². The molecular formula is C15H16FN3S. The number of nitrogens with two attached hydrogens (primary N) is 1. The van der Waals surface area contributed by atoms with E-state index in [1.165, 1.54) is 12.1 Å². The SMILES string of the molecule is CN(Cc1ccncc1)Cc1cc(F)cc(C(N)=S)c1. The molecule has 0 aliphatic rings. The Bertz CT molecular complexity index is 601. The van der Waals surface area contributed by atoms with Crippen LogP contribution in [0.3, 0.4) is 0 Å². The summed E-state index contributed by atoms with van der Waals surface area (Å²) in [5.74, 6) is -0.317. The van der Waals surface area contributed by atoms with Crippen LogP contribution in [0.15, 0.2) is 42.7 Å². The van der Waals surface area contributed by atoms with Gasteiger partial charge < -0.3 is 5.73 Å². The van der Waals surface area contributed by atoms with E-state index in [1.54, 1.807) is 12.4 Å². The lowest BCUT2D eigenvalue weighted by atomic mass is 10.1. The summed E-state index contributed by atoms with van der Waals surface area (Å²) in [6.45, 7) is 1.39. The number of hydrogen-bond acceptors (Lipinski definition) is 3. The Balaban J connectivity index is 2.07. The summed E-state index contributed by atoms with van der Waals surface area (Å²) >= 11 is 4.89. The van der Waals surface area contributed by atoms with E-state index in [4.69, 9.17) is 18.0 Å². The molecule has 104 valence electrons. The fourth-order valence-corrected chi connectivity index (χ4v) is 2.17. The van der Waals surface area contributed by atoms with Crippen molar-refractivity contribution in [2.75, 3.05) is 7.05 Å². The Morgan fingerprint density at radius 2 is 1.85 bits per heavy atom. The van der Waals surface area contributed by atoms with Crippen LogP contribution in [0.2, 0.25) is 0 Å². The average molecular weight is 289 g/mol. The number of halogens is 1. The van der Waals surface area contributed by atoms with Crippen molar-refractivity contribution in [1.82, 2.24) is 9.88 Å². The summed E-state index contributed by atoms with van der Waals surface area (Å²) in [5.41, 5.74) is 8.12. The van der Waals surface area contributed by atoms with Crippen molar-refractivity contribution in [2.45, 2.75) is 13.1 Å². The number of thiocarbonyl (C=S) groups is 1. The fraction of sp³-hybridized carbons (Fsp3) is 0.200. The number of hydrogen-bond donors (Lipinski definition) is 1. The highest BCUT2D eigenvalue weighted by Crippen LogP contribution is 2.12. The van der Waals surface area contributed by atoms with E-state index in [0.29, 0.717) is 12.1 Å². The second kappa shape index (κ2) is 6.54. The van der Waals surface area contributed by atoms with E-state index >= 15 is 0 Å². The topological polar surface area (TPSA) is 42.2 Å². The Hall–Kier alpha value is -1.85. The lowest BCUT2D eigenvalue weighted by molar-refractivity contribution is 0.318. The first-order valence-corrected chi connectivity index (χ1v) is 6.62. The van der Waals surface area contributed by atoms with Crippen LogP contribution in [-0.4, -0.2) is 21.9 Å². The molecule has 0 radical (unpaired) electrons. The van der Waals surface area contributed by atoms with E-state index in [2.05, 4.69) is 9.88 Å². The van der Waals surface area contributed by atoms with E-state index in [0.717, 1.165) is 17.7 Å². The molecule has 2 aromatic rings. The molecule has 2 rings (SSSR count). The van der Waals surface area contributed by atoms with Gasteiger partial charge in [-0.3, -0.25) is 9.88 Å². The third kappa shape index (κ3) is 4.08. The predicted octanol–water partition coefficient (Wildman–Crippen LogP) is 2.49. The van der Waals surface area contributed by atoms with Crippen molar-refractivity contribution in [3.05, 3.63) is 65.2 Å². The maximum atomic E-state index is 13.5. The highest BCUT2D eigenvalue weighted by Gasteiger charge is 2.06. The monoisotopic (exact) mass is 289 g/mol. The number of nitrogens with zero attached hydrogens (tertiary/aromatic N) is 2. The fourth-order valence-electron chi connectivity index (χ4n) is 2.05.